The number of amides is 5. The minimum Gasteiger partial charge on any atom is -0.491 e. The lowest BCUT2D eigenvalue weighted by Crippen LogP contribution is -2.56. The zero-order valence-corrected chi connectivity index (χ0v) is 26.6. The van der Waals surface area contributed by atoms with Gasteiger partial charge in [-0.2, -0.15) is 0 Å². The van der Waals surface area contributed by atoms with Gasteiger partial charge >= 0.3 is 0 Å². The van der Waals surface area contributed by atoms with Crippen molar-refractivity contribution in [3.05, 3.63) is 65.9 Å². The smallest absolute Gasteiger partial charge is 0.253 e. The highest BCUT2D eigenvalue weighted by molar-refractivity contribution is 5.96. The van der Waals surface area contributed by atoms with E-state index in [9.17, 15) is 24.0 Å². The Morgan fingerprint density at radius 3 is 2.54 bits per heavy atom. The molecule has 13 heteroatoms. The third-order valence-electron chi connectivity index (χ3n) is 8.29. The molecule has 1 fully saturated rings. The van der Waals surface area contributed by atoms with Crippen LogP contribution in [0.4, 0.5) is 0 Å². The molecule has 3 N–H and O–H groups in total. The quantitative estimate of drug-likeness (QED) is 0.358. The van der Waals surface area contributed by atoms with Crippen LogP contribution in [0.1, 0.15) is 22.3 Å². The predicted octanol–water partition coefficient (Wildman–Crippen LogP) is 0.466. The first kappa shape index (κ1) is 32.5. The van der Waals surface area contributed by atoms with E-state index < -0.39 is 18.0 Å². The molecule has 0 unspecified atom stereocenters. The fourth-order valence-corrected chi connectivity index (χ4v) is 6.05. The maximum atomic E-state index is 13.7. The lowest BCUT2D eigenvalue weighted by molar-refractivity contribution is -0.142. The number of benzene rings is 2. The van der Waals surface area contributed by atoms with Gasteiger partial charge in [0.25, 0.3) is 5.91 Å². The lowest BCUT2D eigenvalue weighted by atomic mass is 10.1. The van der Waals surface area contributed by atoms with Gasteiger partial charge in [-0.25, -0.2) is 0 Å². The van der Waals surface area contributed by atoms with Gasteiger partial charge in [-0.3, -0.25) is 24.0 Å². The molecule has 3 atom stereocenters. The van der Waals surface area contributed by atoms with Crippen molar-refractivity contribution >= 4 is 40.4 Å². The van der Waals surface area contributed by atoms with Crippen LogP contribution in [0.15, 0.2) is 54.7 Å². The van der Waals surface area contributed by atoms with Gasteiger partial charge in [-0.05, 0) is 50.3 Å². The van der Waals surface area contributed by atoms with Crippen LogP contribution in [-0.4, -0.2) is 133 Å². The van der Waals surface area contributed by atoms with E-state index >= 15 is 0 Å². The third-order valence-corrected chi connectivity index (χ3v) is 8.29. The number of carbonyl (C=O) groups excluding carboxylic acids is 5. The molecule has 46 heavy (non-hydrogen) atoms. The fourth-order valence-electron chi connectivity index (χ4n) is 6.05. The molecule has 0 spiro atoms. The summed E-state index contributed by atoms with van der Waals surface area (Å²) >= 11 is 0. The number of aromatic nitrogens is 1. The molecule has 5 amide bonds. The van der Waals surface area contributed by atoms with Crippen molar-refractivity contribution in [1.29, 1.82) is 0 Å². The molecule has 3 aromatic rings. The molecular weight excluding hydrogens is 590 g/mol. The maximum absolute atomic E-state index is 13.7. The number of rotatable bonds is 6. The van der Waals surface area contributed by atoms with Crippen molar-refractivity contribution in [3.63, 3.8) is 0 Å². The molecule has 0 saturated carbocycles. The highest BCUT2D eigenvalue weighted by Crippen LogP contribution is 2.23. The molecule has 2 aromatic carbocycles. The summed E-state index contributed by atoms with van der Waals surface area (Å²) in [6.45, 7) is 0.0775. The van der Waals surface area contributed by atoms with Crippen LogP contribution in [-0.2, 0) is 25.6 Å². The van der Waals surface area contributed by atoms with Gasteiger partial charge in [0.2, 0.25) is 23.6 Å². The van der Waals surface area contributed by atoms with Crippen molar-refractivity contribution in [2.45, 2.75) is 31.0 Å². The van der Waals surface area contributed by atoms with Crippen molar-refractivity contribution < 1.29 is 28.7 Å². The van der Waals surface area contributed by atoms with Crippen LogP contribution in [0.5, 0.6) is 5.75 Å². The highest BCUT2D eigenvalue weighted by Gasteiger charge is 2.38. The second-order valence-corrected chi connectivity index (χ2v) is 12.3. The summed E-state index contributed by atoms with van der Waals surface area (Å²) in [4.78, 5) is 75.6. The third kappa shape index (κ3) is 7.65. The molecule has 1 saturated heterocycles. The zero-order valence-electron chi connectivity index (χ0n) is 26.6. The van der Waals surface area contributed by atoms with Gasteiger partial charge in [-0.1, -0.05) is 24.3 Å². The summed E-state index contributed by atoms with van der Waals surface area (Å²) in [6.07, 6.45) is 2.47. The van der Waals surface area contributed by atoms with Gasteiger partial charge in [0.15, 0.2) is 0 Å². The average Bonchev–Trinajstić information content (AvgIpc) is 3.61. The van der Waals surface area contributed by atoms with E-state index in [0.29, 0.717) is 17.7 Å². The first-order valence-electron chi connectivity index (χ1n) is 15.3. The molecule has 1 aromatic heterocycles. The largest absolute Gasteiger partial charge is 0.491 e. The Hall–Kier alpha value is -4.91. The van der Waals surface area contributed by atoms with Crippen LogP contribution < -0.4 is 15.4 Å². The fraction of sp³-hybridized carbons (Fsp3) is 0.424. The Kier molecular flexibility index (Phi) is 9.90. The summed E-state index contributed by atoms with van der Waals surface area (Å²) < 4.78 is 6.09. The zero-order chi connectivity index (χ0) is 33.0. The molecule has 0 aliphatic carbocycles. The average molecular weight is 632 g/mol. The van der Waals surface area contributed by atoms with E-state index in [1.807, 2.05) is 30.5 Å². The van der Waals surface area contributed by atoms with E-state index in [1.54, 1.807) is 55.2 Å². The van der Waals surface area contributed by atoms with Crippen molar-refractivity contribution in [1.82, 2.24) is 35.2 Å². The van der Waals surface area contributed by atoms with E-state index in [2.05, 4.69) is 15.6 Å². The topological polar surface area (TPSA) is 147 Å². The maximum Gasteiger partial charge on any atom is 0.253 e. The molecule has 5 rings (SSSR count). The van der Waals surface area contributed by atoms with Crippen LogP contribution in [0.25, 0.3) is 10.9 Å². The number of carbonyl (C=O) groups is 5. The summed E-state index contributed by atoms with van der Waals surface area (Å²) in [5, 5.41) is 6.80. The Balaban J connectivity index is 1.35. The van der Waals surface area contributed by atoms with E-state index in [0.717, 1.165) is 16.5 Å². The molecule has 2 bridgehead atoms. The Morgan fingerprint density at radius 2 is 1.76 bits per heavy atom. The molecule has 2 aliphatic heterocycles. The number of likely N-dealkylation sites (N-methyl/N-ethyl adjacent to an activating group) is 3. The second-order valence-electron chi connectivity index (χ2n) is 12.3. The van der Waals surface area contributed by atoms with Crippen LogP contribution in [0.2, 0.25) is 0 Å². The highest BCUT2D eigenvalue weighted by atomic mass is 16.5. The van der Waals surface area contributed by atoms with Gasteiger partial charge in [0.05, 0.1) is 25.6 Å². The second kappa shape index (κ2) is 14.0. The normalized spacial score (nSPS) is 21.1. The first-order valence-corrected chi connectivity index (χ1v) is 15.3. The standard InChI is InChI=1S/C33H41N7O6/c1-37(2)18-30(42)36-28-17-38(3)32(44)21-8-7-9-25(12-21)46-20-24-14-23(16-40(24)31(43)19-39(4)33(28)45)35-29(41)13-22-15-34-27-11-6-5-10-26(22)27/h5-12,15,23-24,28,34H,13-14,16-20H2,1-4H3,(H,35,41)(H,36,42)/t23-,24+,28+/m1/s1. The minimum atomic E-state index is -1.07. The Labute approximate surface area is 267 Å². The van der Waals surface area contributed by atoms with Gasteiger partial charge in [0, 0.05) is 55.9 Å². The van der Waals surface area contributed by atoms with Crippen molar-refractivity contribution in [2.24, 2.45) is 0 Å². The molecule has 13 nitrogen and oxygen atoms in total. The van der Waals surface area contributed by atoms with Gasteiger partial charge in [0.1, 0.15) is 18.4 Å². The number of nitrogens with one attached hydrogen (secondary N) is 3. The molecule has 244 valence electrons. The molecular formula is C33H41N7O6. The van der Waals surface area contributed by atoms with E-state index in [-0.39, 0.29) is 68.9 Å². The minimum absolute atomic E-state index is 0.0480. The summed E-state index contributed by atoms with van der Waals surface area (Å²) in [5.74, 6) is -1.26. The Bertz CT molecular complexity index is 1620. The monoisotopic (exact) mass is 631 g/mol. The van der Waals surface area contributed by atoms with E-state index in [4.69, 9.17) is 4.74 Å². The number of H-pyrrole nitrogens is 1. The van der Waals surface area contributed by atoms with Crippen LogP contribution >= 0.6 is 0 Å². The van der Waals surface area contributed by atoms with Crippen LogP contribution in [0, 0.1) is 0 Å². The summed E-state index contributed by atoms with van der Waals surface area (Å²) in [6, 6.07) is 12.7. The number of fused-ring (bicyclic) bond motifs is 4. The molecule has 0 radical (unpaired) electrons. The lowest BCUT2D eigenvalue weighted by Gasteiger charge is -2.30. The van der Waals surface area contributed by atoms with Gasteiger partial charge < -0.3 is 40.0 Å². The number of para-hydroxylation sites is 1. The van der Waals surface area contributed by atoms with E-state index in [1.165, 1.54) is 16.8 Å². The molecule has 3 heterocycles. The number of hydrogen-bond donors (Lipinski definition) is 3. The number of nitrogens with zero attached hydrogens (tertiary/aromatic N) is 4. The molecule has 2 aliphatic rings. The predicted molar refractivity (Wildman–Crippen MR) is 171 cm³/mol. The summed E-state index contributed by atoms with van der Waals surface area (Å²) in [5.41, 5.74) is 2.19. The van der Waals surface area contributed by atoms with Crippen molar-refractivity contribution in [3.8, 4) is 5.75 Å². The van der Waals surface area contributed by atoms with Crippen molar-refractivity contribution in [2.75, 3.05) is 61.0 Å². The summed E-state index contributed by atoms with van der Waals surface area (Å²) in [7, 11) is 6.52. The van der Waals surface area contributed by atoms with Gasteiger partial charge in [-0.15, -0.1) is 0 Å². The number of ether oxygens (including phenoxy) is 1. The number of hydrogen-bond acceptors (Lipinski definition) is 7. The Morgan fingerprint density at radius 1 is 0.978 bits per heavy atom. The first-order chi connectivity index (χ1) is 22.0. The number of aromatic amines is 1. The van der Waals surface area contributed by atoms with Crippen LogP contribution in [0.3, 0.4) is 0 Å². The SMILES string of the molecule is CN(C)CC(=O)N[C@H]1CN(C)C(=O)c2cccc(c2)OC[C@@H]2C[C@@H](NC(=O)Cc3c[nH]c4ccccc34)CN2C(=O)CN(C)C1=O.